The Morgan fingerprint density at radius 2 is 1.91 bits per heavy atom. The van der Waals surface area contributed by atoms with E-state index in [1.165, 1.54) is 0 Å². The highest BCUT2D eigenvalue weighted by Gasteiger charge is 2.20. The number of piperazine rings is 1. The molecule has 0 aromatic heterocycles. The van der Waals surface area contributed by atoms with Crippen LogP contribution < -0.4 is 10.3 Å². The van der Waals surface area contributed by atoms with Crippen molar-refractivity contribution in [1.29, 1.82) is 10.5 Å². The van der Waals surface area contributed by atoms with Gasteiger partial charge >= 0.3 is 0 Å². The van der Waals surface area contributed by atoms with Crippen LogP contribution in [0.1, 0.15) is 6.92 Å². The summed E-state index contributed by atoms with van der Waals surface area (Å²) in [6.07, 6.45) is 0. The fraction of sp³-hybridized carbons (Fsp3) is 0.333. The van der Waals surface area contributed by atoms with Crippen LogP contribution in [-0.2, 0) is 4.79 Å². The molecule has 8 heteroatoms. The first kappa shape index (κ1) is 16.6. The van der Waals surface area contributed by atoms with Crippen LogP contribution in [0.5, 0.6) is 0 Å². The number of anilines is 2. The number of carbonyl (C=O) groups excluding carboxylic acids is 1. The van der Waals surface area contributed by atoms with Crippen LogP contribution in [0.25, 0.3) is 0 Å². The first-order chi connectivity index (χ1) is 11.0. The molecular formula is C15H15ClN6O. The number of nitrogens with zero attached hydrogens (tertiary/aromatic N) is 5. The lowest BCUT2D eigenvalue weighted by molar-refractivity contribution is -0.129. The van der Waals surface area contributed by atoms with Crippen LogP contribution in [0.4, 0.5) is 11.4 Å². The molecule has 1 N–H and O–H groups in total. The van der Waals surface area contributed by atoms with E-state index in [1.807, 2.05) is 6.07 Å². The zero-order valence-corrected chi connectivity index (χ0v) is 13.3. The summed E-state index contributed by atoms with van der Waals surface area (Å²) in [6, 6.07) is 8.64. The first-order valence-corrected chi connectivity index (χ1v) is 7.37. The number of hydrazone groups is 1. The van der Waals surface area contributed by atoms with Crippen molar-refractivity contribution in [1.82, 2.24) is 4.90 Å². The van der Waals surface area contributed by atoms with Gasteiger partial charge in [-0.15, -0.1) is 0 Å². The average molecular weight is 331 g/mol. The van der Waals surface area contributed by atoms with Gasteiger partial charge in [0, 0.05) is 33.1 Å². The number of halogens is 1. The van der Waals surface area contributed by atoms with Gasteiger partial charge in [0.15, 0.2) is 0 Å². The van der Waals surface area contributed by atoms with E-state index in [4.69, 9.17) is 22.1 Å². The Kier molecular flexibility index (Phi) is 5.40. The van der Waals surface area contributed by atoms with Crippen LogP contribution in [0.3, 0.4) is 0 Å². The molecule has 1 aromatic carbocycles. The standard InChI is InChI=1S/C15H15ClN6O/c1-11(23)21-4-6-22(7-5-21)15-3-2-12(8-14(15)16)19-20-13(9-17)10-18/h2-3,8,19H,4-7H2,1H3. The van der Waals surface area contributed by atoms with E-state index < -0.39 is 0 Å². The highest BCUT2D eigenvalue weighted by atomic mass is 35.5. The van der Waals surface area contributed by atoms with E-state index in [0.717, 1.165) is 18.8 Å². The quantitative estimate of drug-likeness (QED) is 0.673. The molecule has 1 amide bonds. The van der Waals surface area contributed by atoms with Crippen molar-refractivity contribution in [2.45, 2.75) is 6.92 Å². The third-order valence-electron chi connectivity index (χ3n) is 3.52. The van der Waals surface area contributed by atoms with Crippen molar-refractivity contribution in [3.05, 3.63) is 23.2 Å². The van der Waals surface area contributed by atoms with Crippen molar-refractivity contribution in [3.8, 4) is 12.1 Å². The third-order valence-corrected chi connectivity index (χ3v) is 3.82. The maximum atomic E-state index is 11.3. The normalized spacial score (nSPS) is 13.7. The Balaban J connectivity index is 2.06. The molecule has 1 aromatic rings. The predicted molar refractivity (Wildman–Crippen MR) is 88.2 cm³/mol. The SMILES string of the molecule is CC(=O)N1CCN(c2ccc(NN=C(C#N)C#N)cc2Cl)CC1. The monoisotopic (exact) mass is 330 g/mol. The molecule has 0 bridgehead atoms. The van der Waals surface area contributed by atoms with Crippen molar-refractivity contribution in [2.24, 2.45) is 5.10 Å². The molecule has 1 aliphatic rings. The number of nitrogens with one attached hydrogen (secondary N) is 1. The molecule has 23 heavy (non-hydrogen) atoms. The second-order valence-electron chi connectivity index (χ2n) is 4.96. The summed E-state index contributed by atoms with van der Waals surface area (Å²) < 4.78 is 0. The summed E-state index contributed by atoms with van der Waals surface area (Å²) in [5, 5.41) is 21.5. The van der Waals surface area contributed by atoms with Gasteiger partial charge in [-0.05, 0) is 18.2 Å². The molecule has 1 fully saturated rings. The number of benzene rings is 1. The minimum atomic E-state index is -0.259. The Labute approximate surface area is 139 Å². The van der Waals surface area contributed by atoms with Crippen LogP contribution in [0.2, 0.25) is 5.02 Å². The summed E-state index contributed by atoms with van der Waals surface area (Å²) in [6.45, 7) is 4.35. The van der Waals surface area contributed by atoms with Gasteiger partial charge in [-0.1, -0.05) is 11.6 Å². The minimum Gasteiger partial charge on any atom is -0.367 e. The largest absolute Gasteiger partial charge is 0.367 e. The molecule has 118 valence electrons. The van der Waals surface area contributed by atoms with Crippen molar-refractivity contribution in [2.75, 3.05) is 36.5 Å². The number of hydrogen-bond donors (Lipinski definition) is 1. The first-order valence-electron chi connectivity index (χ1n) is 6.99. The zero-order chi connectivity index (χ0) is 16.8. The minimum absolute atomic E-state index is 0.0824. The van der Waals surface area contributed by atoms with Gasteiger partial charge in [0.2, 0.25) is 11.6 Å². The molecule has 2 rings (SSSR count). The van der Waals surface area contributed by atoms with E-state index in [-0.39, 0.29) is 11.6 Å². The zero-order valence-electron chi connectivity index (χ0n) is 12.6. The molecule has 1 heterocycles. The number of hydrogen-bond acceptors (Lipinski definition) is 6. The molecular weight excluding hydrogens is 316 g/mol. The molecule has 0 spiro atoms. The highest BCUT2D eigenvalue weighted by molar-refractivity contribution is 6.33. The van der Waals surface area contributed by atoms with Gasteiger partial charge in [-0.2, -0.15) is 15.6 Å². The lowest BCUT2D eigenvalue weighted by Crippen LogP contribution is -2.48. The molecule has 1 aliphatic heterocycles. The summed E-state index contributed by atoms with van der Waals surface area (Å²) in [7, 11) is 0. The smallest absolute Gasteiger partial charge is 0.237 e. The maximum Gasteiger partial charge on any atom is 0.237 e. The fourth-order valence-corrected chi connectivity index (χ4v) is 2.59. The molecule has 0 saturated carbocycles. The van der Waals surface area contributed by atoms with E-state index >= 15 is 0 Å². The molecule has 1 saturated heterocycles. The lowest BCUT2D eigenvalue weighted by Gasteiger charge is -2.36. The molecule has 0 radical (unpaired) electrons. The molecule has 0 aliphatic carbocycles. The van der Waals surface area contributed by atoms with Gasteiger partial charge in [-0.3, -0.25) is 10.2 Å². The van der Waals surface area contributed by atoms with Gasteiger partial charge in [0.25, 0.3) is 0 Å². The Morgan fingerprint density at radius 3 is 2.43 bits per heavy atom. The highest BCUT2D eigenvalue weighted by Crippen LogP contribution is 2.29. The fourth-order valence-electron chi connectivity index (χ4n) is 2.29. The summed E-state index contributed by atoms with van der Waals surface area (Å²) in [5.41, 5.74) is 3.83. The van der Waals surface area contributed by atoms with Gasteiger partial charge in [-0.25, -0.2) is 0 Å². The average Bonchev–Trinajstić information content (AvgIpc) is 2.56. The van der Waals surface area contributed by atoms with E-state index in [0.29, 0.717) is 23.8 Å². The number of amides is 1. The second-order valence-corrected chi connectivity index (χ2v) is 5.36. The van der Waals surface area contributed by atoms with Gasteiger partial charge in [0.1, 0.15) is 12.1 Å². The van der Waals surface area contributed by atoms with Gasteiger partial charge in [0.05, 0.1) is 16.4 Å². The van der Waals surface area contributed by atoms with Crippen LogP contribution in [0, 0.1) is 22.7 Å². The number of rotatable bonds is 3. The van der Waals surface area contributed by atoms with Crippen molar-refractivity contribution >= 4 is 34.6 Å². The van der Waals surface area contributed by atoms with Crippen molar-refractivity contribution < 1.29 is 4.79 Å². The van der Waals surface area contributed by atoms with Crippen LogP contribution in [0.15, 0.2) is 23.3 Å². The van der Waals surface area contributed by atoms with Crippen LogP contribution in [-0.4, -0.2) is 42.7 Å². The van der Waals surface area contributed by atoms with Gasteiger partial charge < -0.3 is 9.80 Å². The molecule has 7 nitrogen and oxygen atoms in total. The van der Waals surface area contributed by atoms with E-state index in [9.17, 15) is 4.79 Å². The molecule has 0 atom stereocenters. The number of carbonyl (C=O) groups is 1. The maximum absolute atomic E-state index is 11.3. The number of nitriles is 2. The predicted octanol–water partition coefficient (Wildman–Crippen LogP) is 1.82. The lowest BCUT2D eigenvalue weighted by atomic mass is 10.2. The van der Waals surface area contributed by atoms with E-state index in [2.05, 4.69) is 15.4 Å². The molecule has 0 unspecified atom stereocenters. The Morgan fingerprint density at radius 1 is 1.26 bits per heavy atom. The Hall–Kier alpha value is -2.77. The van der Waals surface area contributed by atoms with Crippen LogP contribution >= 0.6 is 11.6 Å². The third kappa shape index (κ3) is 4.12. The summed E-state index contributed by atoms with van der Waals surface area (Å²) >= 11 is 6.30. The second kappa shape index (κ2) is 7.48. The summed E-state index contributed by atoms with van der Waals surface area (Å²) in [4.78, 5) is 15.3. The van der Waals surface area contributed by atoms with E-state index in [1.54, 1.807) is 36.1 Å². The topological polar surface area (TPSA) is 95.5 Å². The summed E-state index contributed by atoms with van der Waals surface area (Å²) in [5.74, 6) is 0.0824. The Bertz CT molecular complexity index is 694. The van der Waals surface area contributed by atoms with Crippen molar-refractivity contribution in [3.63, 3.8) is 0 Å².